The van der Waals surface area contributed by atoms with Gasteiger partial charge in [-0.15, -0.1) is 0 Å². The van der Waals surface area contributed by atoms with Crippen LogP contribution in [-0.2, 0) is 0 Å². The van der Waals surface area contributed by atoms with E-state index in [0.717, 1.165) is 5.56 Å². The molecule has 1 aromatic rings. The van der Waals surface area contributed by atoms with E-state index in [1.54, 1.807) is 0 Å². The van der Waals surface area contributed by atoms with Crippen LogP contribution in [0.15, 0.2) is 18.2 Å². The number of rotatable bonds is 2. The Bertz CT molecular complexity index is 256. The standard InChI is InChI=1S/C8H10I2N2/c9-6-1-5(8(12)4-11)2-7(10)3-6/h1-3,8H,4,11-12H2/t8-/m1/s1. The van der Waals surface area contributed by atoms with E-state index in [1.165, 1.54) is 7.14 Å². The molecule has 0 saturated carbocycles. The summed E-state index contributed by atoms with van der Waals surface area (Å²) in [6.07, 6.45) is 0. The van der Waals surface area contributed by atoms with Crippen LogP contribution < -0.4 is 11.5 Å². The molecule has 4 N–H and O–H groups in total. The highest BCUT2D eigenvalue weighted by atomic mass is 127. The second kappa shape index (κ2) is 4.73. The van der Waals surface area contributed by atoms with Gasteiger partial charge in [0.2, 0.25) is 0 Å². The van der Waals surface area contributed by atoms with Gasteiger partial charge in [-0.2, -0.15) is 0 Å². The molecule has 0 aliphatic carbocycles. The average Bonchev–Trinajstić information content (AvgIpc) is 2.01. The van der Waals surface area contributed by atoms with E-state index >= 15 is 0 Å². The molecule has 0 fully saturated rings. The van der Waals surface area contributed by atoms with Crippen molar-refractivity contribution in [2.45, 2.75) is 6.04 Å². The van der Waals surface area contributed by atoms with E-state index < -0.39 is 0 Å². The fourth-order valence-electron chi connectivity index (χ4n) is 0.925. The molecular formula is C8H10I2N2. The zero-order valence-electron chi connectivity index (χ0n) is 6.43. The van der Waals surface area contributed by atoms with Gasteiger partial charge >= 0.3 is 0 Å². The van der Waals surface area contributed by atoms with E-state index in [0.29, 0.717) is 6.54 Å². The quantitative estimate of drug-likeness (QED) is 0.761. The van der Waals surface area contributed by atoms with Crippen molar-refractivity contribution in [1.29, 1.82) is 0 Å². The third-order valence-corrected chi connectivity index (χ3v) is 2.81. The summed E-state index contributed by atoms with van der Waals surface area (Å²) in [6, 6.07) is 6.21. The number of benzene rings is 1. The molecule has 2 nitrogen and oxygen atoms in total. The molecule has 1 rings (SSSR count). The van der Waals surface area contributed by atoms with Gasteiger partial charge < -0.3 is 11.5 Å². The largest absolute Gasteiger partial charge is 0.329 e. The van der Waals surface area contributed by atoms with Gasteiger partial charge in [-0.05, 0) is 68.9 Å². The molecule has 1 aromatic carbocycles. The summed E-state index contributed by atoms with van der Waals surface area (Å²) in [4.78, 5) is 0. The van der Waals surface area contributed by atoms with Crippen LogP contribution in [0, 0.1) is 7.14 Å². The van der Waals surface area contributed by atoms with Crippen molar-refractivity contribution in [3.8, 4) is 0 Å². The molecule has 0 unspecified atom stereocenters. The normalized spacial score (nSPS) is 13.0. The average molecular weight is 388 g/mol. The number of hydrogen-bond acceptors (Lipinski definition) is 2. The van der Waals surface area contributed by atoms with Gasteiger partial charge in [0, 0.05) is 19.7 Å². The molecule has 0 aromatic heterocycles. The highest BCUT2D eigenvalue weighted by Crippen LogP contribution is 2.17. The molecule has 0 saturated heterocycles. The van der Waals surface area contributed by atoms with Crippen molar-refractivity contribution < 1.29 is 0 Å². The molecule has 0 heterocycles. The van der Waals surface area contributed by atoms with Gasteiger partial charge in [-0.25, -0.2) is 0 Å². The van der Waals surface area contributed by atoms with Crippen molar-refractivity contribution >= 4 is 45.2 Å². The first-order valence-electron chi connectivity index (χ1n) is 3.55. The first-order chi connectivity index (χ1) is 5.63. The summed E-state index contributed by atoms with van der Waals surface area (Å²) < 4.78 is 2.41. The second-order valence-corrected chi connectivity index (χ2v) is 5.04. The van der Waals surface area contributed by atoms with E-state index in [-0.39, 0.29) is 6.04 Å². The van der Waals surface area contributed by atoms with Gasteiger partial charge in [0.15, 0.2) is 0 Å². The van der Waals surface area contributed by atoms with Crippen LogP contribution in [0.1, 0.15) is 11.6 Å². The lowest BCUT2D eigenvalue weighted by Crippen LogP contribution is -2.20. The number of halogens is 2. The molecule has 0 aliphatic heterocycles. The van der Waals surface area contributed by atoms with Crippen LogP contribution >= 0.6 is 45.2 Å². The Morgan fingerprint density at radius 3 is 2.08 bits per heavy atom. The zero-order valence-corrected chi connectivity index (χ0v) is 10.7. The van der Waals surface area contributed by atoms with Crippen molar-refractivity contribution in [2.24, 2.45) is 11.5 Å². The number of hydrogen-bond donors (Lipinski definition) is 2. The van der Waals surface area contributed by atoms with E-state index in [4.69, 9.17) is 11.5 Å². The predicted octanol–water partition coefficient (Wildman–Crippen LogP) is 1.85. The minimum Gasteiger partial charge on any atom is -0.329 e. The van der Waals surface area contributed by atoms with Crippen LogP contribution in [-0.4, -0.2) is 6.54 Å². The highest BCUT2D eigenvalue weighted by Gasteiger charge is 2.04. The Morgan fingerprint density at radius 2 is 1.67 bits per heavy atom. The van der Waals surface area contributed by atoms with E-state index in [1.807, 2.05) is 0 Å². The smallest absolute Gasteiger partial charge is 0.0420 e. The topological polar surface area (TPSA) is 52.0 Å². The zero-order chi connectivity index (χ0) is 9.14. The van der Waals surface area contributed by atoms with Gasteiger partial charge in [-0.1, -0.05) is 0 Å². The van der Waals surface area contributed by atoms with Crippen LogP contribution in [0.4, 0.5) is 0 Å². The van der Waals surface area contributed by atoms with Crippen LogP contribution in [0.3, 0.4) is 0 Å². The monoisotopic (exact) mass is 388 g/mol. The van der Waals surface area contributed by atoms with Gasteiger partial charge in [0.1, 0.15) is 0 Å². The molecule has 1 atom stereocenters. The molecule has 12 heavy (non-hydrogen) atoms. The molecule has 0 spiro atoms. The molecule has 0 radical (unpaired) electrons. The summed E-state index contributed by atoms with van der Waals surface area (Å²) >= 11 is 4.56. The maximum atomic E-state index is 5.80. The lowest BCUT2D eigenvalue weighted by molar-refractivity contribution is 0.736. The minimum absolute atomic E-state index is 0.0340. The van der Waals surface area contributed by atoms with Crippen molar-refractivity contribution in [2.75, 3.05) is 6.54 Å². The summed E-state index contributed by atoms with van der Waals surface area (Å²) in [6.45, 7) is 0.496. The lowest BCUT2D eigenvalue weighted by atomic mass is 10.1. The summed E-state index contributed by atoms with van der Waals surface area (Å²) in [5, 5.41) is 0. The Morgan fingerprint density at radius 1 is 1.17 bits per heavy atom. The Labute approximate surface area is 99.4 Å². The van der Waals surface area contributed by atoms with Gasteiger partial charge in [-0.3, -0.25) is 0 Å². The Hall–Kier alpha value is 0.600. The second-order valence-electron chi connectivity index (χ2n) is 2.54. The van der Waals surface area contributed by atoms with E-state index in [9.17, 15) is 0 Å². The van der Waals surface area contributed by atoms with Crippen molar-refractivity contribution in [3.05, 3.63) is 30.9 Å². The van der Waals surface area contributed by atoms with Gasteiger partial charge in [0.05, 0.1) is 0 Å². The van der Waals surface area contributed by atoms with E-state index in [2.05, 4.69) is 63.4 Å². The Balaban J connectivity index is 3.00. The fraction of sp³-hybridized carbons (Fsp3) is 0.250. The fourth-order valence-corrected chi connectivity index (χ4v) is 2.91. The van der Waals surface area contributed by atoms with Crippen LogP contribution in [0.2, 0.25) is 0 Å². The SMILES string of the molecule is NC[C@@H](N)c1cc(I)cc(I)c1. The molecule has 4 heteroatoms. The lowest BCUT2D eigenvalue weighted by Gasteiger charge is -2.09. The third kappa shape index (κ3) is 2.82. The third-order valence-electron chi connectivity index (χ3n) is 1.57. The minimum atomic E-state index is -0.0340. The highest BCUT2D eigenvalue weighted by molar-refractivity contribution is 14.1. The summed E-state index contributed by atoms with van der Waals surface area (Å²) in [7, 11) is 0. The maximum absolute atomic E-state index is 5.80. The first kappa shape index (κ1) is 10.7. The number of nitrogens with two attached hydrogens (primary N) is 2. The van der Waals surface area contributed by atoms with Crippen molar-refractivity contribution in [1.82, 2.24) is 0 Å². The Kier molecular flexibility index (Phi) is 4.21. The molecular weight excluding hydrogens is 378 g/mol. The molecule has 0 bridgehead atoms. The van der Waals surface area contributed by atoms with Gasteiger partial charge in [0.25, 0.3) is 0 Å². The first-order valence-corrected chi connectivity index (χ1v) is 5.71. The molecule has 0 amide bonds. The predicted molar refractivity (Wildman–Crippen MR) is 67.9 cm³/mol. The molecule has 66 valence electrons. The summed E-state index contributed by atoms with van der Waals surface area (Å²) in [5.74, 6) is 0. The maximum Gasteiger partial charge on any atom is 0.0420 e. The van der Waals surface area contributed by atoms with Crippen LogP contribution in [0.25, 0.3) is 0 Å². The van der Waals surface area contributed by atoms with Crippen molar-refractivity contribution in [3.63, 3.8) is 0 Å². The summed E-state index contributed by atoms with van der Waals surface area (Å²) in [5.41, 5.74) is 12.4. The van der Waals surface area contributed by atoms with Crippen LogP contribution in [0.5, 0.6) is 0 Å². The molecule has 0 aliphatic rings.